The van der Waals surface area contributed by atoms with E-state index >= 15 is 4.39 Å². The number of thioether (sulfide) groups is 2. The molecule has 2 saturated heterocycles. The highest BCUT2D eigenvalue weighted by Gasteiger charge is 2.54. The van der Waals surface area contributed by atoms with Gasteiger partial charge in [-0.25, -0.2) is 19.0 Å². The number of thiazole rings is 1. The minimum atomic E-state index is -1.78. The Morgan fingerprint density at radius 2 is 2.06 bits per heavy atom. The molecule has 0 radical (unpaired) electrons. The summed E-state index contributed by atoms with van der Waals surface area (Å²) in [5, 5.41) is 31.0. The Kier molecular flexibility index (Phi) is 10.1. The van der Waals surface area contributed by atoms with Crippen LogP contribution in [0, 0.1) is 5.82 Å². The van der Waals surface area contributed by atoms with Gasteiger partial charge in [0.1, 0.15) is 28.6 Å². The van der Waals surface area contributed by atoms with Crippen LogP contribution in [0.1, 0.15) is 50.0 Å². The van der Waals surface area contributed by atoms with Gasteiger partial charge >= 0.3 is 11.9 Å². The molecule has 15 nitrogen and oxygen atoms in total. The predicted molar refractivity (Wildman–Crippen MR) is 197 cm³/mol. The summed E-state index contributed by atoms with van der Waals surface area (Å²) in [4.78, 5) is 64.5. The van der Waals surface area contributed by atoms with Crippen LogP contribution in [0.2, 0.25) is 0 Å². The minimum absolute atomic E-state index is 0.0158. The lowest BCUT2D eigenvalue weighted by molar-refractivity contribution is -0.675. The lowest BCUT2D eigenvalue weighted by atomic mass is 10.0. The molecule has 6 N–H and O–H groups in total. The maximum atomic E-state index is 15.8. The van der Waals surface area contributed by atoms with Crippen LogP contribution in [0.25, 0.3) is 10.9 Å². The molecule has 7 rings (SSSR count). The second kappa shape index (κ2) is 14.5. The molecule has 2 aromatic heterocycles. The highest BCUT2D eigenvalue weighted by molar-refractivity contribution is 8.01. The predicted octanol–water partition coefficient (Wildman–Crippen LogP) is 2.33. The summed E-state index contributed by atoms with van der Waals surface area (Å²) in [5.41, 5.74) is 5.51. The van der Waals surface area contributed by atoms with E-state index in [2.05, 4.69) is 30.2 Å². The van der Waals surface area contributed by atoms with E-state index in [0.29, 0.717) is 23.7 Å². The number of benzene rings is 1. The quantitative estimate of drug-likeness (QED) is 0.0589. The van der Waals surface area contributed by atoms with Gasteiger partial charge in [0.25, 0.3) is 11.8 Å². The molecule has 3 fully saturated rings. The Balaban J connectivity index is 1.11. The Morgan fingerprint density at radius 3 is 2.72 bits per heavy atom. The topological polar surface area (TPSA) is 204 Å². The average Bonchev–Trinajstić information content (AvgIpc) is 3.88. The number of β-lactam (4-membered cyclic amide) rings is 1. The molecular formula is C34H38FN8O7S3+. The number of carboxylic acids is 2. The third-order valence-corrected chi connectivity index (χ3v) is 12.8. The van der Waals surface area contributed by atoms with Crippen molar-refractivity contribution in [1.29, 1.82) is 0 Å². The molecular weight excluding hydrogens is 748 g/mol. The van der Waals surface area contributed by atoms with Crippen LogP contribution in [0.5, 0.6) is 0 Å². The van der Waals surface area contributed by atoms with E-state index in [-0.39, 0.29) is 39.9 Å². The highest BCUT2D eigenvalue weighted by Crippen LogP contribution is 2.43. The van der Waals surface area contributed by atoms with Gasteiger partial charge in [-0.1, -0.05) is 5.16 Å². The Labute approximate surface area is 315 Å². The second-order valence-corrected chi connectivity index (χ2v) is 16.7. The monoisotopic (exact) mass is 785 g/mol. The normalized spacial score (nSPS) is 22.4. The first-order chi connectivity index (χ1) is 25.2. The van der Waals surface area contributed by atoms with Crippen LogP contribution in [-0.4, -0.2) is 110 Å². The number of nitrogens with one attached hydrogen (secondary N) is 2. The molecule has 53 heavy (non-hydrogen) atoms. The fourth-order valence-corrected chi connectivity index (χ4v) is 9.55. The number of hydrogen-bond donors (Lipinski definition) is 5. The summed E-state index contributed by atoms with van der Waals surface area (Å²) >= 11 is 3.71. The van der Waals surface area contributed by atoms with Gasteiger partial charge in [0.15, 0.2) is 23.1 Å². The number of carbonyl (C=O) groups is 4. The number of nitrogen functional groups attached to an aromatic ring is 1. The van der Waals surface area contributed by atoms with Gasteiger partial charge in [0.05, 0.1) is 11.4 Å². The molecule has 1 saturated carbocycles. The Bertz CT molecular complexity index is 2090. The summed E-state index contributed by atoms with van der Waals surface area (Å²) in [6, 6.07) is 4.63. The maximum absolute atomic E-state index is 15.8. The molecule has 3 atom stereocenters. The summed E-state index contributed by atoms with van der Waals surface area (Å²) in [6.07, 6.45) is 4.11. The average molecular weight is 786 g/mol. The zero-order chi connectivity index (χ0) is 37.8. The number of aliphatic carboxylic acids is 2. The van der Waals surface area contributed by atoms with Crippen LogP contribution in [0.3, 0.4) is 0 Å². The van der Waals surface area contributed by atoms with E-state index in [1.54, 1.807) is 6.07 Å². The van der Waals surface area contributed by atoms with Crippen molar-refractivity contribution in [3.63, 3.8) is 0 Å². The smallest absolute Gasteiger partial charge is 0.352 e. The Morgan fingerprint density at radius 1 is 1.28 bits per heavy atom. The molecule has 280 valence electrons. The molecule has 4 aliphatic rings. The van der Waals surface area contributed by atoms with Crippen LogP contribution in [0.4, 0.5) is 9.52 Å². The number of fused-ring (bicyclic) bond motifs is 2. The van der Waals surface area contributed by atoms with Crippen LogP contribution < -0.4 is 20.9 Å². The van der Waals surface area contributed by atoms with Crippen molar-refractivity contribution in [2.75, 3.05) is 43.9 Å². The zero-order valence-corrected chi connectivity index (χ0v) is 31.4. The molecule has 1 aromatic carbocycles. The van der Waals surface area contributed by atoms with E-state index in [4.69, 9.17) is 10.6 Å². The highest BCUT2D eigenvalue weighted by atomic mass is 32.2. The lowest BCUT2D eigenvalue weighted by Gasteiger charge is -2.49. The number of piperazine rings is 1. The number of carboxylic acid groups (broad SMARTS) is 2. The number of nitrogens with two attached hydrogens (primary N) is 1. The van der Waals surface area contributed by atoms with E-state index in [1.807, 2.05) is 25.4 Å². The molecule has 3 aromatic rings. The first kappa shape index (κ1) is 37.0. The number of aromatic nitrogens is 2. The lowest BCUT2D eigenvalue weighted by Crippen LogP contribution is -2.71. The van der Waals surface area contributed by atoms with Gasteiger partial charge in [-0.3, -0.25) is 19.4 Å². The third kappa shape index (κ3) is 7.19. The SMILES string of the molecule is CN1CCNCC1c1cc2c(cc1F)c(SCC1=C(C(=O)O)N3C(=O)C(NC(=O)C(=NOC(C)(C)C(=O)O)c4csc(N)n4)[C@@H]3SC1)cc[n+]2C1CC1. The molecule has 5 heterocycles. The van der Waals surface area contributed by atoms with Crippen LogP contribution in [0.15, 0.2) is 51.1 Å². The van der Waals surface area contributed by atoms with Crippen LogP contribution >= 0.6 is 34.9 Å². The third-order valence-electron chi connectivity index (χ3n) is 9.65. The van der Waals surface area contributed by atoms with Crippen molar-refractivity contribution < 1.29 is 43.2 Å². The number of pyridine rings is 1. The molecule has 2 amide bonds. The van der Waals surface area contributed by atoms with Crippen molar-refractivity contribution in [2.24, 2.45) is 5.16 Å². The van der Waals surface area contributed by atoms with E-state index in [0.717, 1.165) is 53.1 Å². The fourth-order valence-electron chi connectivity index (χ4n) is 6.48. The molecule has 2 unspecified atom stereocenters. The summed E-state index contributed by atoms with van der Waals surface area (Å²) in [6.45, 7) is 4.81. The fraction of sp³-hybridized carbons (Fsp3) is 0.441. The van der Waals surface area contributed by atoms with E-state index in [1.165, 1.54) is 47.7 Å². The number of rotatable bonds is 12. The Hall–Kier alpha value is -4.30. The van der Waals surface area contributed by atoms with Gasteiger partial charge in [-0.2, -0.15) is 4.57 Å². The van der Waals surface area contributed by atoms with Gasteiger partial charge in [0.2, 0.25) is 11.1 Å². The van der Waals surface area contributed by atoms with Crippen LogP contribution in [-0.2, 0) is 24.0 Å². The summed E-state index contributed by atoms with van der Waals surface area (Å²) < 4.78 is 18.0. The van der Waals surface area contributed by atoms with Crippen molar-refractivity contribution >= 4 is 80.4 Å². The van der Waals surface area contributed by atoms with E-state index < -0.39 is 46.5 Å². The number of hydrogen-bond acceptors (Lipinski definition) is 13. The van der Waals surface area contributed by atoms with Crippen molar-refractivity contribution in [3.05, 3.63) is 58.1 Å². The number of amides is 2. The maximum Gasteiger partial charge on any atom is 0.352 e. The number of carbonyl (C=O) groups excluding carboxylic acids is 2. The molecule has 3 aliphatic heterocycles. The first-order valence-corrected chi connectivity index (χ1v) is 19.8. The van der Waals surface area contributed by atoms with Gasteiger partial charge in [-0.05, 0) is 32.5 Å². The largest absolute Gasteiger partial charge is 0.478 e. The number of oxime groups is 1. The number of likely N-dealkylation sites (N-methyl/N-ethyl adjacent to an activating group) is 1. The number of halogens is 1. The number of nitrogens with zero attached hydrogens (tertiary/aromatic N) is 5. The molecule has 0 bridgehead atoms. The van der Waals surface area contributed by atoms with Crippen molar-refractivity contribution in [1.82, 2.24) is 25.4 Å². The zero-order valence-electron chi connectivity index (χ0n) is 29.0. The van der Waals surface area contributed by atoms with Gasteiger partial charge in [0, 0.05) is 72.0 Å². The van der Waals surface area contributed by atoms with Gasteiger partial charge < -0.3 is 31.4 Å². The standard InChI is InChI=1S/C34H37FN8O7S3/c1-34(2,32(48)49)50-40-25(21-15-53-33(36)38-21)28(44)39-26-29(45)43-27(31(46)47)16(14-52-30(26)43)13-51-24-6-8-42(17-4-5-17)22-11-18(20(35)10-19(22)24)23-12-37-7-9-41(23)3/h6,8,10-11,15,17,23,26,30,37H,4-5,7,9,12-14H2,1-3H3,(H4-,36,38,39,44,46,47,48,49)/p+1/t23?,26?,30-/m0/s1. The molecule has 0 spiro atoms. The summed E-state index contributed by atoms with van der Waals surface area (Å²) in [5.74, 6) is -3.90. The van der Waals surface area contributed by atoms with E-state index in [9.17, 15) is 29.4 Å². The minimum Gasteiger partial charge on any atom is -0.478 e. The van der Waals surface area contributed by atoms with Crippen molar-refractivity contribution in [2.45, 2.75) is 60.7 Å². The second-order valence-electron chi connectivity index (χ2n) is 13.7. The molecule has 1 aliphatic carbocycles. The number of anilines is 1. The first-order valence-electron chi connectivity index (χ1n) is 16.9. The van der Waals surface area contributed by atoms with Crippen molar-refractivity contribution in [3.8, 4) is 0 Å². The van der Waals surface area contributed by atoms with Gasteiger partial charge in [-0.15, -0.1) is 34.9 Å². The summed E-state index contributed by atoms with van der Waals surface area (Å²) in [7, 11) is 2.00. The molecule has 19 heteroatoms.